The van der Waals surface area contributed by atoms with E-state index >= 15 is 0 Å². The molecule has 1 fully saturated rings. The molecule has 1 aliphatic rings. The van der Waals surface area contributed by atoms with Gasteiger partial charge in [0.15, 0.2) is 0 Å². The molecule has 0 saturated heterocycles. The van der Waals surface area contributed by atoms with Crippen LogP contribution in [0.1, 0.15) is 27.2 Å². The van der Waals surface area contributed by atoms with Gasteiger partial charge in [0.25, 0.3) is 0 Å². The molecule has 13 heavy (non-hydrogen) atoms. The lowest BCUT2D eigenvalue weighted by Gasteiger charge is -1.96. The molecule has 0 bridgehead atoms. The van der Waals surface area contributed by atoms with Crippen molar-refractivity contribution in [3.63, 3.8) is 0 Å². The van der Waals surface area contributed by atoms with Gasteiger partial charge in [-0.1, -0.05) is 26.0 Å². The second-order valence-corrected chi connectivity index (χ2v) is 4.38. The third-order valence-corrected chi connectivity index (χ3v) is 2.53. The molecule has 2 nitrogen and oxygen atoms in total. The molecule has 1 atom stereocenters. The molecule has 1 aliphatic carbocycles. The van der Waals surface area contributed by atoms with Crippen LogP contribution in [-0.2, 0) is 4.79 Å². The summed E-state index contributed by atoms with van der Waals surface area (Å²) in [6.45, 7) is 6.25. The highest BCUT2D eigenvalue weighted by molar-refractivity contribution is 5.81. The minimum atomic E-state index is -0.878. The number of carbonyl (C=O) groups is 1. The van der Waals surface area contributed by atoms with E-state index in [1.165, 1.54) is 12.5 Å². The van der Waals surface area contributed by atoms with E-state index in [2.05, 4.69) is 19.9 Å². The fourth-order valence-electron chi connectivity index (χ4n) is 1.35. The topological polar surface area (TPSA) is 37.3 Å². The van der Waals surface area contributed by atoms with Gasteiger partial charge < -0.3 is 5.11 Å². The summed E-state index contributed by atoms with van der Waals surface area (Å²) in [5, 5.41) is 8.46. The van der Waals surface area contributed by atoms with Crippen LogP contribution in [0.3, 0.4) is 0 Å². The van der Waals surface area contributed by atoms with Crippen molar-refractivity contribution in [2.24, 2.45) is 11.3 Å². The smallest absolute Gasteiger partial charge is 0.328 e. The minimum Gasteiger partial charge on any atom is -0.478 e. The second kappa shape index (κ2) is 3.36. The van der Waals surface area contributed by atoms with Crippen molar-refractivity contribution in [2.45, 2.75) is 27.2 Å². The van der Waals surface area contributed by atoms with Gasteiger partial charge in [-0.25, -0.2) is 4.79 Å². The number of aliphatic carboxylic acids is 1. The molecular formula is C11H16O2. The standard InChI is InChI=1S/C11H16O2/c1-8(6-10(12)13)4-5-9-7-11(9,2)3/h4-6,9H,7H2,1-3H3,(H,12,13)/b5-4+,8-6+. The maximum absolute atomic E-state index is 10.3. The van der Waals surface area contributed by atoms with Crippen LogP contribution < -0.4 is 0 Å². The Morgan fingerprint density at radius 1 is 1.54 bits per heavy atom. The van der Waals surface area contributed by atoms with E-state index in [1.807, 2.05) is 6.08 Å². The van der Waals surface area contributed by atoms with Crippen LogP contribution in [0, 0.1) is 11.3 Å². The number of hydrogen-bond donors (Lipinski definition) is 1. The summed E-state index contributed by atoms with van der Waals surface area (Å²) in [4.78, 5) is 10.3. The third-order valence-electron chi connectivity index (χ3n) is 2.53. The molecule has 1 unspecified atom stereocenters. The molecule has 0 aromatic heterocycles. The maximum atomic E-state index is 10.3. The highest BCUT2D eigenvalue weighted by atomic mass is 16.4. The van der Waals surface area contributed by atoms with Gasteiger partial charge in [-0.15, -0.1) is 0 Å². The largest absolute Gasteiger partial charge is 0.478 e. The van der Waals surface area contributed by atoms with Crippen LogP contribution in [-0.4, -0.2) is 11.1 Å². The summed E-state index contributed by atoms with van der Waals surface area (Å²) >= 11 is 0. The Morgan fingerprint density at radius 3 is 2.46 bits per heavy atom. The zero-order chi connectivity index (χ0) is 10.1. The lowest BCUT2D eigenvalue weighted by Crippen LogP contribution is -1.89. The van der Waals surface area contributed by atoms with Gasteiger partial charge >= 0.3 is 5.97 Å². The highest BCUT2D eigenvalue weighted by Crippen LogP contribution is 2.52. The summed E-state index contributed by atoms with van der Waals surface area (Å²) < 4.78 is 0. The van der Waals surface area contributed by atoms with Crippen molar-refractivity contribution < 1.29 is 9.90 Å². The van der Waals surface area contributed by atoms with Gasteiger partial charge in [-0.3, -0.25) is 0 Å². The number of carboxylic acid groups (broad SMARTS) is 1. The molecule has 2 heteroatoms. The quantitative estimate of drug-likeness (QED) is 0.535. The zero-order valence-corrected chi connectivity index (χ0v) is 8.37. The first kappa shape index (κ1) is 10.0. The van der Waals surface area contributed by atoms with Crippen LogP contribution in [0.25, 0.3) is 0 Å². The average molecular weight is 180 g/mol. The molecule has 0 amide bonds. The van der Waals surface area contributed by atoms with Gasteiger partial charge in [0.1, 0.15) is 0 Å². The molecule has 1 saturated carbocycles. The van der Waals surface area contributed by atoms with E-state index in [1.54, 1.807) is 6.92 Å². The summed E-state index contributed by atoms with van der Waals surface area (Å²) in [6, 6.07) is 0. The first-order chi connectivity index (χ1) is 5.92. The molecule has 1 N–H and O–H groups in total. The van der Waals surface area contributed by atoms with Crippen LogP contribution >= 0.6 is 0 Å². The van der Waals surface area contributed by atoms with Crippen molar-refractivity contribution >= 4 is 5.97 Å². The van der Waals surface area contributed by atoms with Crippen LogP contribution in [0.2, 0.25) is 0 Å². The monoisotopic (exact) mass is 180 g/mol. The number of carboxylic acids is 1. The maximum Gasteiger partial charge on any atom is 0.328 e. The lowest BCUT2D eigenvalue weighted by molar-refractivity contribution is -0.131. The summed E-state index contributed by atoms with van der Waals surface area (Å²) in [7, 11) is 0. The van der Waals surface area contributed by atoms with E-state index in [9.17, 15) is 4.79 Å². The Morgan fingerprint density at radius 2 is 2.08 bits per heavy atom. The normalized spacial score (nSPS) is 26.4. The molecule has 0 heterocycles. The van der Waals surface area contributed by atoms with Gasteiger partial charge in [-0.05, 0) is 30.3 Å². The minimum absolute atomic E-state index is 0.431. The molecule has 0 spiro atoms. The summed E-state index contributed by atoms with van der Waals surface area (Å²) in [5.74, 6) is -0.248. The van der Waals surface area contributed by atoms with Crippen molar-refractivity contribution in [1.82, 2.24) is 0 Å². The fourth-order valence-corrected chi connectivity index (χ4v) is 1.35. The molecule has 72 valence electrons. The second-order valence-electron chi connectivity index (χ2n) is 4.38. The molecule has 0 aromatic carbocycles. The number of allylic oxidation sites excluding steroid dienone is 3. The van der Waals surface area contributed by atoms with Crippen molar-refractivity contribution in [3.05, 3.63) is 23.8 Å². The van der Waals surface area contributed by atoms with Crippen molar-refractivity contribution in [1.29, 1.82) is 0 Å². The lowest BCUT2D eigenvalue weighted by atomic mass is 10.1. The van der Waals surface area contributed by atoms with Crippen molar-refractivity contribution in [2.75, 3.05) is 0 Å². The van der Waals surface area contributed by atoms with E-state index in [0.717, 1.165) is 5.57 Å². The number of rotatable bonds is 3. The summed E-state index contributed by atoms with van der Waals surface area (Å²) in [5.41, 5.74) is 1.23. The number of hydrogen-bond acceptors (Lipinski definition) is 1. The van der Waals surface area contributed by atoms with Gasteiger partial charge in [0, 0.05) is 6.08 Å². The Hall–Kier alpha value is -1.05. The van der Waals surface area contributed by atoms with Crippen LogP contribution in [0.4, 0.5) is 0 Å². The molecule has 1 rings (SSSR count). The van der Waals surface area contributed by atoms with Crippen LogP contribution in [0.15, 0.2) is 23.8 Å². The van der Waals surface area contributed by atoms with Gasteiger partial charge in [0.2, 0.25) is 0 Å². The van der Waals surface area contributed by atoms with E-state index < -0.39 is 5.97 Å². The van der Waals surface area contributed by atoms with Gasteiger partial charge in [-0.2, -0.15) is 0 Å². The average Bonchev–Trinajstić information content (AvgIpc) is 2.53. The first-order valence-electron chi connectivity index (χ1n) is 4.51. The van der Waals surface area contributed by atoms with Crippen molar-refractivity contribution in [3.8, 4) is 0 Å². The van der Waals surface area contributed by atoms with E-state index in [4.69, 9.17) is 5.11 Å². The Balaban J connectivity index is 2.46. The molecule has 0 aromatic rings. The highest BCUT2D eigenvalue weighted by Gasteiger charge is 2.43. The van der Waals surface area contributed by atoms with Gasteiger partial charge in [0.05, 0.1) is 0 Å². The SMILES string of the molecule is CC(/C=C/C1CC1(C)C)=C\C(=O)O. The summed E-state index contributed by atoms with van der Waals surface area (Å²) in [6.07, 6.45) is 6.44. The predicted molar refractivity (Wildman–Crippen MR) is 52.4 cm³/mol. The molecule has 0 aliphatic heterocycles. The zero-order valence-electron chi connectivity index (χ0n) is 8.37. The Bertz CT molecular complexity index is 272. The predicted octanol–water partition coefficient (Wildman–Crippen LogP) is 2.62. The first-order valence-corrected chi connectivity index (χ1v) is 4.51. The Labute approximate surface area is 79.0 Å². The Kier molecular flexibility index (Phi) is 2.60. The molecular weight excluding hydrogens is 164 g/mol. The van der Waals surface area contributed by atoms with Crippen LogP contribution in [0.5, 0.6) is 0 Å². The fraction of sp³-hybridized carbons (Fsp3) is 0.545. The van der Waals surface area contributed by atoms with E-state index in [-0.39, 0.29) is 0 Å². The molecule has 0 radical (unpaired) electrons. The third kappa shape index (κ3) is 3.05. The van der Waals surface area contributed by atoms with E-state index in [0.29, 0.717) is 11.3 Å².